The predicted octanol–water partition coefficient (Wildman–Crippen LogP) is 2.57. The molecule has 1 aromatic carbocycles. The summed E-state index contributed by atoms with van der Waals surface area (Å²) in [5.41, 5.74) is 1.18. The van der Waals surface area contributed by atoms with E-state index >= 15 is 0 Å². The molecule has 0 saturated heterocycles. The van der Waals surface area contributed by atoms with Crippen LogP contribution in [-0.2, 0) is 9.53 Å². The molecule has 0 amide bonds. The van der Waals surface area contributed by atoms with Gasteiger partial charge in [-0.3, -0.25) is 4.79 Å². The van der Waals surface area contributed by atoms with E-state index in [9.17, 15) is 4.79 Å². The zero-order valence-corrected chi connectivity index (χ0v) is 10.2. The van der Waals surface area contributed by atoms with E-state index in [1.54, 1.807) is 6.92 Å². The van der Waals surface area contributed by atoms with Crippen molar-refractivity contribution in [3.8, 4) is 5.75 Å². The van der Waals surface area contributed by atoms with Crippen molar-refractivity contribution in [3.63, 3.8) is 0 Å². The summed E-state index contributed by atoms with van der Waals surface area (Å²) >= 11 is 0. The smallest absolute Gasteiger partial charge is 0.312 e. The van der Waals surface area contributed by atoms with Crippen molar-refractivity contribution in [1.82, 2.24) is 0 Å². The fraction of sp³-hybridized carbons (Fsp3) is 0.462. The van der Waals surface area contributed by atoms with Crippen LogP contribution in [0.2, 0.25) is 0 Å². The summed E-state index contributed by atoms with van der Waals surface area (Å²) in [6.07, 6.45) is -0.199. The first kappa shape index (κ1) is 12.6. The minimum absolute atomic E-state index is 0.199. The second kappa shape index (κ2) is 5.54. The molecule has 0 bridgehead atoms. The van der Waals surface area contributed by atoms with Crippen LogP contribution in [0.15, 0.2) is 24.3 Å². The molecule has 0 aliphatic heterocycles. The Morgan fingerprint density at radius 2 is 1.75 bits per heavy atom. The van der Waals surface area contributed by atoms with Crippen molar-refractivity contribution in [3.05, 3.63) is 29.8 Å². The van der Waals surface area contributed by atoms with Crippen LogP contribution in [0.4, 0.5) is 0 Å². The van der Waals surface area contributed by atoms with E-state index in [2.05, 4.69) is 4.74 Å². The summed E-state index contributed by atoms with van der Waals surface area (Å²) in [5, 5.41) is 0. The molecule has 0 N–H and O–H groups in total. The molecule has 0 spiro atoms. The maximum Gasteiger partial charge on any atom is 0.312 e. The molecule has 0 unspecified atom stereocenters. The second-order valence-corrected chi connectivity index (χ2v) is 3.95. The highest BCUT2D eigenvalue weighted by Crippen LogP contribution is 2.17. The van der Waals surface area contributed by atoms with Crippen LogP contribution in [-0.4, -0.2) is 19.2 Å². The van der Waals surface area contributed by atoms with Crippen molar-refractivity contribution >= 4 is 5.97 Å². The summed E-state index contributed by atoms with van der Waals surface area (Å²) in [6, 6.07) is 7.75. The molecule has 16 heavy (non-hydrogen) atoms. The molecule has 1 rings (SSSR count). The molecule has 3 nitrogen and oxygen atoms in total. The first-order chi connectivity index (χ1) is 7.54. The number of hydrogen-bond acceptors (Lipinski definition) is 3. The topological polar surface area (TPSA) is 35.5 Å². The van der Waals surface area contributed by atoms with Gasteiger partial charge in [-0.15, -0.1) is 0 Å². The Bertz CT molecular complexity index is 343. The molecule has 3 heteroatoms. The van der Waals surface area contributed by atoms with Gasteiger partial charge in [0.05, 0.1) is 13.0 Å². The van der Waals surface area contributed by atoms with Crippen molar-refractivity contribution in [2.24, 2.45) is 5.92 Å². The van der Waals surface area contributed by atoms with Crippen LogP contribution in [0.25, 0.3) is 0 Å². The number of ether oxygens (including phenoxy) is 2. The Balaban J connectivity index is 2.60. The third-order valence-electron chi connectivity index (χ3n) is 2.62. The molecule has 0 aliphatic carbocycles. The average molecular weight is 222 g/mol. The van der Waals surface area contributed by atoms with Gasteiger partial charge in [0.2, 0.25) is 0 Å². The molecule has 0 aliphatic rings. The minimum Gasteiger partial charge on any atom is -0.490 e. The van der Waals surface area contributed by atoms with E-state index in [1.165, 1.54) is 12.7 Å². The molecule has 1 aromatic rings. The quantitative estimate of drug-likeness (QED) is 0.734. The molecule has 0 heterocycles. The van der Waals surface area contributed by atoms with Gasteiger partial charge in [0.25, 0.3) is 0 Å². The summed E-state index contributed by atoms with van der Waals surface area (Å²) < 4.78 is 10.3. The van der Waals surface area contributed by atoms with Crippen molar-refractivity contribution in [2.45, 2.75) is 26.9 Å². The molecular formula is C13H18O3. The normalized spacial score (nSPS) is 14.0. The third kappa shape index (κ3) is 3.26. The van der Waals surface area contributed by atoms with Gasteiger partial charge in [0.1, 0.15) is 11.9 Å². The lowest BCUT2D eigenvalue weighted by atomic mass is 10.1. The molecular weight excluding hydrogens is 204 g/mol. The lowest BCUT2D eigenvalue weighted by molar-refractivity contribution is -0.147. The second-order valence-electron chi connectivity index (χ2n) is 3.95. The highest BCUT2D eigenvalue weighted by molar-refractivity contribution is 5.72. The minimum atomic E-state index is -0.272. The number of esters is 1. The predicted molar refractivity (Wildman–Crippen MR) is 62.4 cm³/mol. The van der Waals surface area contributed by atoms with Gasteiger partial charge in [-0.1, -0.05) is 17.7 Å². The highest BCUT2D eigenvalue weighted by Gasteiger charge is 2.22. The summed E-state index contributed by atoms with van der Waals surface area (Å²) in [4.78, 5) is 11.3. The van der Waals surface area contributed by atoms with E-state index in [4.69, 9.17) is 4.74 Å². The first-order valence-electron chi connectivity index (χ1n) is 5.35. The van der Waals surface area contributed by atoms with Gasteiger partial charge >= 0.3 is 5.97 Å². The summed E-state index contributed by atoms with van der Waals surface area (Å²) in [7, 11) is 1.39. The fourth-order valence-corrected chi connectivity index (χ4v) is 1.31. The third-order valence-corrected chi connectivity index (χ3v) is 2.62. The molecule has 2 atom stereocenters. The number of carbonyl (C=O) groups is 1. The van der Waals surface area contributed by atoms with Gasteiger partial charge < -0.3 is 9.47 Å². The van der Waals surface area contributed by atoms with Crippen LogP contribution in [0.1, 0.15) is 19.4 Å². The number of rotatable bonds is 4. The molecule has 0 saturated carbocycles. The lowest BCUT2D eigenvalue weighted by Crippen LogP contribution is -2.29. The SMILES string of the molecule is COC(=O)[C@@H](C)[C@H](C)Oc1ccc(C)cc1. The summed E-state index contributed by atoms with van der Waals surface area (Å²) in [6.45, 7) is 5.68. The van der Waals surface area contributed by atoms with E-state index in [1.807, 2.05) is 38.1 Å². The number of carbonyl (C=O) groups excluding carboxylic acids is 1. The van der Waals surface area contributed by atoms with Gasteiger partial charge in [0.15, 0.2) is 0 Å². The van der Waals surface area contributed by atoms with E-state index < -0.39 is 0 Å². The Kier molecular flexibility index (Phi) is 4.35. The number of aryl methyl sites for hydroxylation is 1. The fourth-order valence-electron chi connectivity index (χ4n) is 1.31. The highest BCUT2D eigenvalue weighted by atomic mass is 16.5. The van der Waals surface area contributed by atoms with Crippen molar-refractivity contribution in [2.75, 3.05) is 7.11 Å². The van der Waals surface area contributed by atoms with Crippen LogP contribution in [0, 0.1) is 12.8 Å². The lowest BCUT2D eigenvalue weighted by Gasteiger charge is -2.19. The largest absolute Gasteiger partial charge is 0.490 e. The standard InChI is InChI=1S/C13H18O3/c1-9-5-7-12(8-6-9)16-11(3)10(2)13(14)15-4/h5-8,10-11H,1-4H3/t10-,11-/m0/s1. The van der Waals surface area contributed by atoms with Crippen LogP contribution in [0.5, 0.6) is 5.75 Å². The molecule has 88 valence electrons. The van der Waals surface area contributed by atoms with E-state index in [0.29, 0.717) is 0 Å². The zero-order chi connectivity index (χ0) is 12.1. The monoisotopic (exact) mass is 222 g/mol. The first-order valence-corrected chi connectivity index (χ1v) is 5.35. The Labute approximate surface area is 96.4 Å². The van der Waals surface area contributed by atoms with Crippen LogP contribution >= 0.6 is 0 Å². The molecule has 0 radical (unpaired) electrons. The maximum atomic E-state index is 11.3. The van der Waals surface area contributed by atoms with Crippen molar-refractivity contribution < 1.29 is 14.3 Å². The number of benzene rings is 1. The van der Waals surface area contributed by atoms with E-state index in [0.717, 1.165) is 5.75 Å². The van der Waals surface area contributed by atoms with Crippen molar-refractivity contribution in [1.29, 1.82) is 0 Å². The van der Waals surface area contributed by atoms with Gasteiger partial charge in [-0.25, -0.2) is 0 Å². The Morgan fingerprint density at radius 3 is 2.25 bits per heavy atom. The van der Waals surface area contributed by atoms with Gasteiger partial charge in [-0.05, 0) is 32.9 Å². The number of methoxy groups -OCH3 is 1. The average Bonchev–Trinajstić information content (AvgIpc) is 2.30. The molecule has 0 aromatic heterocycles. The van der Waals surface area contributed by atoms with Gasteiger partial charge in [-0.2, -0.15) is 0 Å². The van der Waals surface area contributed by atoms with Crippen LogP contribution < -0.4 is 4.74 Å². The van der Waals surface area contributed by atoms with Gasteiger partial charge in [0, 0.05) is 0 Å². The Morgan fingerprint density at radius 1 is 1.19 bits per heavy atom. The zero-order valence-electron chi connectivity index (χ0n) is 10.2. The Hall–Kier alpha value is -1.51. The summed E-state index contributed by atoms with van der Waals surface area (Å²) in [5.74, 6) is 0.250. The van der Waals surface area contributed by atoms with Crippen LogP contribution in [0.3, 0.4) is 0 Å². The maximum absolute atomic E-state index is 11.3. The number of hydrogen-bond donors (Lipinski definition) is 0. The molecule has 0 fully saturated rings. The van der Waals surface area contributed by atoms with E-state index in [-0.39, 0.29) is 18.0 Å².